The third-order valence-electron chi connectivity index (χ3n) is 5.00. The third-order valence-corrected chi connectivity index (χ3v) is 7.66. The van der Waals surface area contributed by atoms with Crippen LogP contribution >= 0.6 is 46.9 Å². The highest BCUT2D eigenvalue weighted by Crippen LogP contribution is 2.34. The zero-order chi connectivity index (χ0) is 24.9. The van der Waals surface area contributed by atoms with Gasteiger partial charge in [-0.2, -0.15) is 0 Å². The molecule has 2 heterocycles. The van der Waals surface area contributed by atoms with Gasteiger partial charge in [0.05, 0.1) is 19.1 Å². The van der Waals surface area contributed by atoms with E-state index in [0.29, 0.717) is 37.3 Å². The molecule has 2 aromatic carbocycles. The highest BCUT2D eigenvalue weighted by atomic mass is 35.5. The Bertz CT molecular complexity index is 1320. The Kier molecular flexibility index (Phi) is 8.07. The molecule has 0 radical (unpaired) electrons. The molecule has 11 heteroatoms. The van der Waals surface area contributed by atoms with Crippen molar-refractivity contribution < 1.29 is 19.1 Å². The second-order valence-corrected chi connectivity index (χ2v) is 10.5. The Morgan fingerprint density at radius 1 is 1.20 bits per heavy atom. The number of aromatic nitrogens is 1. The number of methoxy groups -OCH3 is 2. The van der Waals surface area contributed by atoms with Gasteiger partial charge in [0.15, 0.2) is 16.6 Å². The van der Waals surface area contributed by atoms with Crippen molar-refractivity contribution in [3.8, 4) is 11.5 Å². The van der Waals surface area contributed by atoms with Gasteiger partial charge >= 0.3 is 0 Å². The summed E-state index contributed by atoms with van der Waals surface area (Å²) in [6.07, 6.45) is 4.03. The van der Waals surface area contributed by atoms with E-state index in [4.69, 9.17) is 33.3 Å². The normalized spacial score (nSPS) is 14.5. The Balaban J connectivity index is 1.39. The predicted molar refractivity (Wildman–Crippen MR) is 144 cm³/mol. The van der Waals surface area contributed by atoms with Crippen LogP contribution in [0, 0.1) is 0 Å². The van der Waals surface area contributed by atoms with E-state index in [1.54, 1.807) is 38.6 Å². The molecule has 0 aliphatic carbocycles. The number of nitrogens with zero attached hydrogens (tertiary/aromatic N) is 2. The van der Waals surface area contributed by atoms with Crippen LogP contribution in [-0.4, -0.2) is 46.8 Å². The number of thiazole rings is 1. The number of hydrogen-bond acceptors (Lipinski definition) is 8. The summed E-state index contributed by atoms with van der Waals surface area (Å²) < 4.78 is 10.9. The van der Waals surface area contributed by atoms with Gasteiger partial charge in [-0.3, -0.25) is 14.5 Å². The third kappa shape index (κ3) is 6.02. The average Bonchev–Trinajstić information content (AvgIpc) is 3.39. The molecule has 4 rings (SSSR count). The smallest absolute Gasteiger partial charge is 0.266 e. The summed E-state index contributed by atoms with van der Waals surface area (Å²) >= 11 is 14.1. The van der Waals surface area contributed by atoms with Crippen molar-refractivity contribution in [2.75, 3.05) is 26.1 Å². The van der Waals surface area contributed by atoms with E-state index < -0.39 is 0 Å². The molecule has 0 atom stereocenters. The summed E-state index contributed by atoms with van der Waals surface area (Å²) in [5.74, 6) is 0.426. The van der Waals surface area contributed by atoms with Gasteiger partial charge in [-0.25, -0.2) is 4.98 Å². The second kappa shape index (κ2) is 11.2. The number of amides is 2. The number of thiocarbonyl (C=S) groups is 1. The molecule has 1 fully saturated rings. The Morgan fingerprint density at radius 3 is 2.71 bits per heavy atom. The summed E-state index contributed by atoms with van der Waals surface area (Å²) in [5.41, 5.74) is 1.73. The number of ether oxygens (including phenoxy) is 2. The first kappa shape index (κ1) is 25.2. The van der Waals surface area contributed by atoms with Crippen molar-refractivity contribution in [2.45, 2.75) is 6.42 Å². The van der Waals surface area contributed by atoms with Gasteiger partial charge in [0.1, 0.15) is 10.9 Å². The monoisotopic (exact) mass is 545 g/mol. The van der Waals surface area contributed by atoms with E-state index in [0.717, 1.165) is 27.8 Å². The lowest BCUT2D eigenvalue weighted by atomic mass is 10.1. The van der Waals surface area contributed by atoms with Gasteiger partial charge in [0.2, 0.25) is 5.91 Å². The number of halogens is 1. The Hall–Kier alpha value is -2.92. The number of benzene rings is 2. The maximum Gasteiger partial charge on any atom is 0.266 e. The van der Waals surface area contributed by atoms with E-state index >= 15 is 0 Å². The van der Waals surface area contributed by atoms with Crippen molar-refractivity contribution in [1.82, 2.24) is 9.88 Å². The van der Waals surface area contributed by atoms with Crippen LogP contribution in [0.15, 0.2) is 53.6 Å². The zero-order valence-electron chi connectivity index (χ0n) is 18.7. The maximum absolute atomic E-state index is 12.9. The molecule has 0 saturated carbocycles. The molecule has 2 amide bonds. The van der Waals surface area contributed by atoms with Gasteiger partial charge in [-0.1, -0.05) is 59.8 Å². The first-order chi connectivity index (χ1) is 16.9. The largest absolute Gasteiger partial charge is 0.493 e. The molecule has 1 aliphatic heterocycles. The van der Waals surface area contributed by atoms with Crippen LogP contribution < -0.4 is 14.8 Å². The van der Waals surface area contributed by atoms with Crippen molar-refractivity contribution in [1.29, 1.82) is 0 Å². The molecule has 0 spiro atoms. The number of nitrogens with one attached hydrogen (secondary N) is 1. The molecule has 7 nitrogen and oxygen atoms in total. The van der Waals surface area contributed by atoms with Crippen molar-refractivity contribution >= 4 is 74.3 Å². The first-order valence-electron chi connectivity index (χ1n) is 10.3. The molecule has 35 heavy (non-hydrogen) atoms. The molecule has 180 valence electrons. The topological polar surface area (TPSA) is 80.8 Å². The Morgan fingerprint density at radius 2 is 1.97 bits per heavy atom. The predicted octanol–water partition coefficient (Wildman–Crippen LogP) is 5.24. The van der Waals surface area contributed by atoms with Gasteiger partial charge in [0, 0.05) is 22.5 Å². The molecule has 0 unspecified atom stereocenters. The fraction of sp³-hybridized carbons (Fsp3) is 0.167. The van der Waals surface area contributed by atoms with Crippen molar-refractivity contribution in [3.05, 3.63) is 74.6 Å². The minimum atomic E-state index is -0.382. The molecule has 1 aliphatic rings. The van der Waals surface area contributed by atoms with Gasteiger partial charge in [-0.05, 0) is 35.4 Å². The van der Waals surface area contributed by atoms with E-state index in [9.17, 15) is 9.59 Å². The quantitative estimate of drug-likeness (QED) is 0.306. The summed E-state index contributed by atoms with van der Waals surface area (Å²) in [7, 11) is 3.10. The lowest BCUT2D eigenvalue weighted by molar-refractivity contribution is -0.126. The van der Waals surface area contributed by atoms with Crippen LogP contribution in [0.25, 0.3) is 6.08 Å². The van der Waals surface area contributed by atoms with Crippen LogP contribution in [0.2, 0.25) is 5.02 Å². The van der Waals surface area contributed by atoms with Gasteiger partial charge < -0.3 is 14.8 Å². The number of hydrogen-bond donors (Lipinski definition) is 1. The lowest BCUT2D eigenvalue weighted by Gasteiger charge is -2.13. The molecule has 3 aromatic rings. The molecule has 1 N–H and O–H groups in total. The highest BCUT2D eigenvalue weighted by Gasteiger charge is 2.33. The zero-order valence-corrected chi connectivity index (χ0v) is 21.9. The van der Waals surface area contributed by atoms with E-state index in [1.807, 2.05) is 30.3 Å². The van der Waals surface area contributed by atoms with Crippen molar-refractivity contribution in [3.63, 3.8) is 0 Å². The number of thioether (sulfide) groups is 1. The number of carbonyl (C=O) groups excluding carboxylic acids is 2. The van der Waals surface area contributed by atoms with Crippen LogP contribution in [-0.2, 0) is 16.0 Å². The standard InChI is InChI=1S/C24H20ClN3O4S3/c1-31-18-8-7-14(9-19(18)32-2)10-20-22(30)28(24(33)35-20)13-21(29)27-23-26-12-16(34-23)11-15-5-3-4-6-17(15)25/h3-10,12H,11,13H2,1-2H3,(H,26,27,29). The average molecular weight is 546 g/mol. The molecule has 1 saturated heterocycles. The number of rotatable bonds is 8. The van der Waals surface area contributed by atoms with E-state index in [-0.39, 0.29) is 18.4 Å². The minimum absolute atomic E-state index is 0.201. The van der Waals surface area contributed by atoms with E-state index in [1.165, 1.54) is 16.2 Å². The number of carbonyl (C=O) groups is 2. The number of anilines is 1. The fourth-order valence-electron chi connectivity index (χ4n) is 3.31. The molecule has 0 bridgehead atoms. The minimum Gasteiger partial charge on any atom is -0.493 e. The second-order valence-electron chi connectivity index (χ2n) is 7.33. The molecular formula is C24H20ClN3O4S3. The fourth-order valence-corrected chi connectivity index (χ4v) is 5.62. The lowest BCUT2D eigenvalue weighted by Crippen LogP contribution is -2.36. The molecular weight excluding hydrogens is 526 g/mol. The maximum atomic E-state index is 12.9. The van der Waals surface area contributed by atoms with Crippen LogP contribution in [0.5, 0.6) is 11.5 Å². The van der Waals surface area contributed by atoms with Crippen molar-refractivity contribution in [2.24, 2.45) is 0 Å². The van der Waals surface area contributed by atoms with Crippen LogP contribution in [0.1, 0.15) is 16.0 Å². The summed E-state index contributed by atoms with van der Waals surface area (Å²) in [4.78, 5) is 32.5. The van der Waals surface area contributed by atoms with Crippen LogP contribution in [0.4, 0.5) is 5.13 Å². The van der Waals surface area contributed by atoms with Gasteiger partial charge in [0.25, 0.3) is 5.91 Å². The first-order valence-corrected chi connectivity index (χ1v) is 12.7. The van der Waals surface area contributed by atoms with E-state index in [2.05, 4.69) is 10.3 Å². The SMILES string of the molecule is COc1ccc(C=C2SC(=S)N(CC(=O)Nc3ncc(Cc4ccccc4Cl)s3)C2=O)cc1OC. The Labute approximate surface area is 221 Å². The highest BCUT2D eigenvalue weighted by molar-refractivity contribution is 8.26. The summed E-state index contributed by atoms with van der Waals surface area (Å²) in [6.45, 7) is -0.201. The van der Waals surface area contributed by atoms with Gasteiger partial charge in [-0.15, -0.1) is 11.3 Å². The summed E-state index contributed by atoms with van der Waals surface area (Å²) in [5, 5.41) is 3.88. The molecule has 1 aromatic heterocycles. The summed E-state index contributed by atoms with van der Waals surface area (Å²) in [6, 6.07) is 12.9. The van der Waals surface area contributed by atoms with Crippen LogP contribution in [0.3, 0.4) is 0 Å².